The zero-order valence-corrected chi connectivity index (χ0v) is 16.8. The van der Waals surface area contributed by atoms with Gasteiger partial charge in [0, 0.05) is 25.9 Å². The summed E-state index contributed by atoms with van der Waals surface area (Å²) in [4.78, 5) is 16.3. The number of hydrogen-bond acceptors (Lipinski definition) is 3. The molecule has 0 unspecified atom stereocenters. The van der Waals surface area contributed by atoms with Crippen LogP contribution in [0.4, 0.5) is 0 Å². The van der Waals surface area contributed by atoms with E-state index in [1.54, 1.807) is 0 Å². The van der Waals surface area contributed by atoms with Crippen LogP contribution in [0.2, 0.25) is 0 Å². The molecule has 5 nitrogen and oxygen atoms in total. The molecule has 5 heteroatoms. The Hall–Kier alpha value is -2.82. The second kappa shape index (κ2) is 9.93. The Labute approximate surface area is 166 Å². The van der Waals surface area contributed by atoms with Gasteiger partial charge in [-0.25, -0.2) is 4.98 Å². The highest BCUT2D eigenvalue weighted by molar-refractivity contribution is 5.76. The number of imidazole rings is 1. The molecule has 3 aromatic rings. The number of carbonyl (C=O) groups is 1. The van der Waals surface area contributed by atoms with Crippen molar-refractivity contribution in [1.29, 1.82) is 0 Å². The highest BCUT2D eigenvalue weighted by atomic mass is 16.5. The first-order valence-corrected chi connectivity index (χ1v) is 10.1. The molecule has 0 fully saturated rings. The molecule has 0 spiro atoms. The van der Waals surface area contributed by atoms with Crippen LogP contribution in [0.25, 0.3) is 11.0 Å². The Balaban J connectivity index is 1.56. The smallest absolute Gasteiger partial charge is 0.219 e. The number of nitrogens with zero attached hydrogens (tertiary/aromatic N) is 2. The minimum Gasteiger partial charge on any atom is -0.494 e. The molecule has 0 saturated heterocycles. The van der Waals surface area contributed by atoms with E-state index in [9.17, 15) is 4.79 Å². The first-order chi connectivity index (χ1) is 13.7. The maximum atomic E-state index is 11.5. The van der Waals surface area contributed by atoms with Gasteiger partial charge in [0.05, 0.1) is 17.6 Å². The minimum absolute atomic E-state index is 0.0796. The fourth-order valence-corrected chi connectivity index (χ4v) is 3.27. The Morgan fingerprint density at radius 1 is 1.14 bits per heavy atom. The number of hydrogen-bond donors (Lipinski definition) is 1. The van der Waals surface area contributed by atoms with Gasteiger partial charge in [-0.05, 0) is 49.6 Å². The molecular formula is C23H29N3O2. The Morgan fingerprint density at radius 2 is 2.00 bits per heavy atom. The van der Waals surface area contributed by atoms with Crippen LogP contribution in [-0.4, -0.2) is 28.6 Å². The molecule has 148 valence electrons. The first kappa shape index (κ1) is 19.9. The molecule has 1 aromatic heterocycles. The number of benzene rings is 2. The van der Waals surface area contributed by atoms with Crippen molar-refractivity contribution in [2.75, 3.05) is 13.2 Å². The molecule has 3 rings (SSSR count). The fourth-order valence-electron chi connectivity index (χ4n) is 3.27. The Kier molecular flexibility index (Phi) is 7.06. The van der Waals surface area contributed by atoms with Crippen LogP contribution < -0.4 is 10.1 Å². The van der Waals surface area contributed by atoms with Crippen molar-refractivity contribution >= 4 is 16.9 Å². The lowest BCUT2D eigenvalue weighted by Crippen LogP contribution is -2.25. The van der Waals surface area contributed by atoms with Gasteiger partial charge in [-0.15, -0.1) is 0 Å². The SMILES string of the molecule is CCC(=O)NCCc1nc2ccccc2n1CCCCOc1cccc(C)c1. The number of rotatable bonds is 10. The molecule has 1 heterocycles. The maximum Gasteiger partial charge on any atom is 0.219 e. The zero-order valence-electron chi connectivity index (χ0n) is 16.8. The summed E-state index contributed by atoms with van der Waals surface area (Å²) in [5.41, 5.74) is 3.37. The number of nitrogens with one attached hydrogen (secondary N) is 1. The van der Waals surface area contributed by atoms with Gasteiger partial charge in [-0.3, -0.25) is 4.79 Å². The van der Waals surface area contributed by atoms with Crippen molar-refractivity contribution in [1.82, 2.24) is 14.9 Å². The van der Waals surface area contributed by atoms with Gasteiger partial charge < -0.3 is 14.6 Å². The summed E-state index contributed by atoms with van der Waals surface area (Å²) >= 11 is 0. The lowest BCUT2D eigenvalue weighted by atomic mass is 10.2. The zero-order chi connectivity index (χ0) is 19.8. The highest BCUT2D eigenvalue weighted by Crippen LogP contribution is 2.18. The average Bonchev–Trinajstić information content (AvgIpc) is 3.05. The van der Waals surface area contributed by atoms with Crippen molar-refractivity contribution < 1.29 is 9.53 Å². The lowest BCUT2D eigenvalue weighted by molar-refractivity contribution is -0.120. The molecular weight excluding hydrogens is 350 g/mol. The summed E-state index contributed by atoms with van der Waals surface area (Å²) in [6.45, 7) is 6.16. The van der Waals surface area contributed by atoms with E-state index in [0.29, 0.717) is 19.6 Å². The minimum atomic E-state index is 0.0796. The van der Waals surface area contributed by atoms with E-state index in [2.05, 4.69) is 35.0 Å². The van der Waals surface area contributed by atoms with Gasteiger partial charge in [0.1, 0.15) is 11.6 Å². The van der Waals surface area contributed by atoms with Gasteiger partial charge in [-0.2, -0.15) is 0 Å². The topological polar surface area (TPSA) is 56.2 Å². The van der Waals surface area contributed by atoms with Gasteiger partial charge in [0.15, 0.2) is 0 Å². The Bertz CT molecular complexity index is 917. The van der Waals surface area contributed by atoms with Crippen molar-refractivity contribution in [3.8, 4) is 5.75 Å². The van der Waals surface area contributed by atoms with Gasteiger partial charge in [0.25, 0.3) is 0 Å². The normalized spacial score (nSPS) is 10.9. The molecule has 0 aliphatic heterocycles. The van der Waals surface area contributed by atoms with Gasteiger partial charge in [-0.1, -0.05) is 31.2 Å². The van der Waals surface area contributed by atoms with Crippen LogP contribution in [0, 0.1) is 6.92 Å². The molecule has 0 radical (unpaired) electrons. The van der Waals surface area contributed by atoms with Crippen molar-refractivity contribution in [2.24, 2.45) is 0 Å². The fraction of sp³-hybridized carbons (Fsp3) is 0.391. The predicted octanol–water partition coefficient (Wildman–Crippen LogP) is 4.27. The Morgan fingerprint density at radius 3 is 2.82 bits per heavy atom. The van der Waals surface area contributed by atoms with Crippen LogP contribution in [0.5, 0.6) is 5.75 Å². The second-order valence-electron chi connectivity index (χ2n) is 6.99. The predicted molar refractivity (Wildman–Crippen MR) is 113 cm³/mol. The lowest BCUT2D eigenvalue weighted by Gasteiger charge is -2.11. The summed E-state index contributed by atoms with van der Waals surface area (Å²) in [6.07, 6.45) is 3.24. The maximum absolute atomic E-state index is 11.5. The quantitative estimate of drug-likeness (QED) is 0.535. The molecule has 0 bridgehead atoms. The van der Waals surface area contributed by atoms with E-state index in [1.165, 1.54) is 5.56 Å². The summed E-state index contributed by atoms with van der Waals surface area (Å²) in [5, 5.41) is 2.94. The number of fused-ring (bicyclic) bond motifs is 1. The number of para-hydroxylation sites is 2. The van der Waals surface area contributed by atoms with E-state index < -0.39 is 0 Å². The van der Waals surface area contributed by atoms with E-state index in [1.807, 2.05) is 37.3 Å². The summed E-state index contributed by atoms with van der Waals surface area (Å²) < 4.78 is 8.13. The monoisotopic (exact) mass is 379 g/mol. The largest absolute Gasteiger partial charge is 0.494 e. The summed E-state index contributed by atoms with van der Waals surface area (Å²) in [5.74, 6) is 2.04. The molecule has 0 saturated carbocycles. The van der Waals surface area contributed by atoms with Crippen LogP contribution in [0.3, 0.4) is 0 Å². The number of ether oxygens (including phenoxy) is 1. The molecule has 1 N–H and O–H groups in total. The molecule has 1 amide bonds. The molecule has 2 aromatic carbocycles. The van der Waals surface area contributed by atoms with Crippen LogP contribution in [0.1, 0.15) is 37.6 Å². The average molecular weight is 380 g/mol. The molecule has 0 aliphatic rings. The third kappa shape index (κ3) is 5.35. The summed E-state index contributed by atoms with van der Waals surface area (Å²) in [6, 6.07) is 16.4. The number of aryl methyl sites for hydroxylation is 2. The van der Waals surface area contributed by atoms with E-state index in [0.717, 1.165) is 48.4 Å². The number of aromatic nitrogens is 2. The van der Waals surface area contributed by atoms with E-state index in [-0.39, 0.29) is 5.91 Å². The molecule has 28 heavy (non-hydrogen) atoms. The third-order valence-corrected chi connectivity index (χ3v) is 4.76. The van der Waals surface area contributed by atoms with E-state index in [4.69, 9.17) is 9.72 Å². The summed E-state index contributed by atoms with van der Waals surface area (Å²) in [7, 11) is 0. The molecule has 0 aliphatic carbocycles. The van der Waals surface area contributed by atoms with Crippen LogP contribution >= 0.6 is 0 Å². The number of carbonyl (C=O) groups excluding carboxylic acids is 1. The van der Waals surface area contributed by atoms with Crippen molar-refractivity contribution in [2.45, 2.75) is 46.1 Å². The second-order valence-corrected chi connectivity index (χ2v) is 6.99. The van der Waals surface area contributed by atoms with Gasteiger partial charge >= 0.3 is 0 Å². The van der Waals surface area contributed by atoms with Gasteiger partial charge in [0.2, 0.25) is 5.91 Å². The third-order valence-electron chi connectivity index (χ3n) is 4.76. The standard InChI is InChI=1S/C23H29N3O2/c1-3-23(27)24-14-13-22-25-20-11-4-5-12-21(20)26(22)15-6-7-16-28-19-10-8-9-18(2)17-19/h4-5,8-12,17H,3,6-7,13-16H2,1-2H3,(H,24,27). The van der Waals surface area contributed by atoms with Crippen LogP contribution in [0.15, 0.2) is 48.5 Å². The van der Waals surface area contributed by atoms with Crippen LogP contribution in [-0.2, 0) is 17.8 Å². The van der Waals surface area contributed by atoms with Crippen molar-refractivity contribution in [3.63, 3.8) is 0 Å². The van der Waals surface area contributed by atoms with E-state index >= 15 is 0 Å². The first-order valence-electron chi connectivity index (χ1n) is 10.1. The highest BCUT2D eigenvalue weighted by Gasteiger charge is 2.10. The van der Waals surface area contributed by atoms with Crippen molar-refractivity contribution in [3.05, 3.63) is 59.9 Å². The number of unbranched alkanes of at least 4 members (excludes halogenated alkanes) is 1. The molecule has 0 atom stereocenters. The number of amides is 1.